The second kappa shape index (κ2) is 6.17. The summed E-state index contributed by atoms with van der Waals surface area (Å²) in [5.41, 5.74) is -0.379. The highest BCUT2D eigenvalue weighted by molar-refractivity contribution is 7.99. The van der Waals surface area contributed by atoms with E-state index in [1.165, 1.54) is 16.7 Å². The third-order valence-electron chi connectivity index (χ3n) is 3.38. The lowest BCUT2D eigenvalue weighted by Crippen LogP contribution is -2.36. The van der Waals surface area contributed by atoms with Gasteiger partial charge in [-0.3, -0.25) is 9.59 Å². The molecule has 2 N–H and O–H groups in total. The van der Waals surface area contributed by atoms with Crippen molar-refractivity contribution in [3.05, 3.63) is 44.5 Å². The summed E-state index contributed by atoms with van der Waals surface area (Å²) in [6, 6.07) is 4.35. The van der Waals surface area contributed by atoms with E-state index in [4.69, 9.17) is 5.11 Å². The number of aromatic nitrogens is 2. The molecule has 112 valence electrons. The second-order valence-electron chi connectivity index (χ2n) is 4.78. The Labute approximate surface area is 124 Å². The van der Waals surface area contributed by atoms with Crippen molar-refractivity contribution in [1.29, 1.82) is 0 Å². The molecule has 1 aromatic heterocycles. The predicted octanol–water partition coefficient (Wildman–Crippen LogP) is 1.53. The number of rotatable bonds is 5. The molecule has 0 aliphatic rings. The normalized spacial score (nSPS) is 12.5. The van der Waals surface area contributed by atoms with E-state index in [1.807, 2.05) is 13.2 Å². The monoisotopic (exact) mass is 308 g/mol. The van der Waals surface area contributed by atoms with Gasteiger partial charge in [0.25, 0.3) is 0 Å². The van der Waals surface area contributed by atoms with Gasteiger partial charge in [-0.15, -0.1) is 0 Å². The number of nitrogens with zero attached hydrogens (tertiary/aromatic N) is 1. The summed E-state index contributed by atoms with van der Waals surface area (Å²) >= 11 is 1.69. The van der Waals surface area contributed by atoms with E-state index in [1.54, 1.807) is 17.8 Å². The number of aromatic carboxylic acids is 1. The molecule has 0 radical (unpaired) electrons. The summed E-state index contributed by atoms with van der Waals surface area (Å²) < 4.78 is 1.41. The molecule has 0 spiro atoms. The van der Waals surface area contributed by atoms with E-state index in [0.717, 1.165) is 6.42 Å². The molecule has 0 aliphatic heterocycles. The fourth-order valence-electron chi connectivity index (χ4n) is 2.06. The fraction of sp³-hybridized carbons (Fsp3) is 0.357. The van der Waals surface area contributed by atoms with Crippen LogP contribution in [-0.4, -0.2) is 32.1 Å². The van der Waals surface area contributed by atoms with Crippen LogP contribution in [0.4, 0.5) is 0 Å². The van der Waals surface area contributed by atoms with Crippen LogP contribution < -0.4 is 11.1 Å². The third-order valence-corrected chi connectivity index (χ3v) is 4.42. The summed E-state index contributed by atoms with van der Waals surface area (Å²) in [7, 11) is 0. The molecule has 1 aromatic carbocycles. The van der Waals surface area contributed by atoms with Crippen LogP contribution in [0.15, 0.2) is 27.8 Å². The standard InChI is InChI=1S/C14H16N2O4S/c1-8(21-2)5-6-16-11-4-3-9(14(19)20)7-10(11)15-12(17)13(16)18/h3-4,7-8H,5-6H2,1-2H3,(H,15,17)(H,19,20). The number of carboxylic acids is 1. The summed E-state index contributed by atoms with van der Waals surface area (Å²) in [5, 5.41) is 9.35. The number of hydrogen-bond acceptors (Lipinski definition) is 4. The summed E-state index contributed by atoms with van der Waals surface area (Å²) in [5.74, 6) is -1.08. The molecule has 0 saturated heterocycles. The van der Waals surface area contributed by atoms with E-state index >= 15 is 0 Å². The van der Waals surface area contributed by atoms with Crippen LogP contribution in [0.1, 0.15) is 23.7 Å². The van der Waals surface area contributed by atoms with Gasteiger partial charge in [-0.2, -0.15) is 11.8 Å². The van der Waals surface area contributed by atoms with E-state index in [9.17, 15) is 14.4 Å². The van der Waals surface area contributed by atoms with Gasteiger partial charge in [-0.05, 0) is 30.9 Å². The van der Waals surface area contributed by atoms with E-state index in [-0.39, 0.29) is 5.56 Å². The number of H-pyrrole nitrogens is 1. The Morgan fingerprint density at radius 2 is 2.14 bits per heavy atom. The van der Waals surface area contributed by atoms with Gasteiger partial charge in [-0.25, -0.2) is 4.79 Å². The zero-order chi connectivity index (χ0) is 15.6. The SMILES string of the molecule is CSC(C)CCn1c(=O)c(=O)[nH]c2cc(C(=O)O)ccc21. The highest BCUT2D eigenvalue weighted by Gasteiger charge is 2.11. The van der Waals surface area contributed by atoms with Gasteiger partial charge in [-0.1, -0.05) is 6.92 Å². The topological polar surface area (TPSA) is 92.2 Å². The first kappa shape index (κ1) is 15.4. The molecule has 2 rings (SSSR count). The Morgan fingerprint density at radius 1 is 1.43 bits per heavy atom. The third kappa shape index (κ3) is 3.18. The van der Waals surface area contributed by atoms with Crippen molar-refractivity contribution in [1.82, 2.24) is 9.55 Å². The van der Waals surface area contributed by atoms with Crippen molar-refractivity contribution in [3.8, 4) is 0 Å². The van der Waals surface area contributed by atoms with Gasteiger partial charge in [0.2, 0.25) is 0 Å². The molecule has 1 unspecified atom stereocenters. The molecular formula is C14H16N2O4S. The molecule has 7 heteroatoms. The maximum absolute atomic E-state index is 12.0. The lowest BCUT2D eigenvalue weighted by atomic mass is 10.2. The number of carboxylic acid groups (broad SMARTS) is 1. The Hall–Kier alpha value is -2.02. The summed E-state index contributed by atoms with van der Waals surface area (Å²) in [6.45, 7) is 2.47. The number of fused-ring (bicyclic) bond motifs is 1. The van der Waals surface area contributed by atoms with Crippen molar-refractivity contribution in [2.75, 3.05) is 6.26 Å². The first-order valence-electron chi connectivity index (χ1n) is 6.47. The van der Waals surface area contributed by atoms with Crippen LogP contribution in [0, 0.1) is 0 Å². The minimum atomic E-state index is -1.08. The maximum Gasteiger partial charge on any atom is 0.335 e. The summed E-state index contributed by atoms with van der Waals surface area (Å²) in [6.07, 6.45) is 2.74. The lowest BCUT2D eigenvalue weighted by Gasteiger charge is -2.12. The van der Waals surface area contributed by atoms with E-state index < -0.39 is 17.1 Å². The predicted molar refractivity (Wildman–Crippen MR) is 83.4 cm³/mol. The first-order valence-corrected chi connectivity index (χ1v) is 7.75. The van der Waals surface area contributed by atoms with Crippen LogP contribution in [0.5, 0.6) is 0 Å². The minimum absolute atomic E-state index is 0.0702. The number of benzene rings is 1. The zero-order valence-corrected chi connectivity index (χ0v) is 12.6. The molecule has 1 atom stereocenters. The Balaban J connectivity index is 2.57. The van der Waals surface area contributed by atoms with Crippen LogP contribution in [-0.2, 0) is 6.54 Å². The number of thioether (sulfide) groups is 1. The van der Waals surface area contributed by atoms with E-state index in [0.29, 0.717) is 22.8 Å². The quantitative estimate of drug-likeness (QED) is 0.817. The molecule has 0 fully saturated rings. The molecule has 1 heterocycles. The number of hydrogen-bond donors (Lipinski definition) is 2. The molecule has 6 nitrogen and oxygen atoms in total. The second-order valence-corrected chi connectivity index (χ2v) is 6.06. The highest BCUT2D eigenvalue weighted by atomic mass is 32.2. The number of nitrogens with one attached hydrogen (secondary N) is 1. The molecule has 0 aliphatic carbocycles. The van der Waals surface area contributed by atoms with Crippen molar-refractivity contribution in [3.63, 3.8) is 0 Å². The van der Waals surface area contributed by atoms with E-state index in [2.05, 4.69) is 4.98 Å². The van der Waals surface area contributed by atoms with Crippen molar-refractivity contribution >= 4 is 28.8 Å². The molecular weight excluding hydrogens is 292 g/mol. The Kier molecular flexibility index (Phi) is 4.52. The van der Waals surface area contributed by atoms with Crippen LogP contribution in [0.25, 0.3) is 11.0 Å². The van der Waals surface area contributed by atoms with Gasteiger partial charge in [0, 0.05) is 11.8 Å². The lowest BCUT2D eigenvalue weighted by molar-refractivity contribution is 0.0697. The average molecular weight is 308 g/mol. The summed E-state index contributed by atoms with van der Waals surface area (Å²) in [4.78, 5) is 37.1. The molecule has 2 aromatic rings. The minimum Gasteiger partial charge on any atom is -0.478 e. The highest BCUT2D eigenvalue weighted by Crippen LogP contribution is 2.14. The van der Waals surface area contributed by atoms with Crippen LogP contribution in [0.3, 0.4) is 0 Å². The number of aryl methyl sites for hydroxylation is 1. The van der Waals surface area contributed by atoms with Gasteiger partial charge in [0.15, 0.2) is 0 Å². The fourth-order valence-corrected chi connectivity index (χ4v) is 2.40. The van der Waals surface area contributed by atoms with Gasteiger partial charge in [0.05, 0.1) is 16.6 Å². The molecule has 0 saturated carbocycles. The van der Waals surface area contributed by atoms with Crippen LogP contribution >= 0.6 is 11.8 Å². The zero-order valence-electron chi connectivity index (χ0n) is 11.8. The van der Waals surface area contributed by atoms with Gasteiger partial charge < -0.3 is 14.7 Å². The largest absolute Gasteiger partial charge is 0.478 e. The van der Waals surface area contributed by atoms with Gasteiger partial charge >= 0.3 is 17.1 Å². The molecule has 0 amide bonds. The van der Waals surface area contributed by atoms with Crippen molar-refractivity contribution in [2.24, 2.45) is 0 Å². The molecule has 21 heavy (non-hydrogen) atoms. The average Bonchev–Trinajstić information content (AvgIpc) is 2.46. The molecule has 0 bridgehead atoms. The Morgan fingerprint density at radius 3 is 2.76 bits per heavy atom. The first-order chi connectivity index (χ1) is 9.93. The number of aromatic amines is 1. The number of carbonyl (C=O) groups is 1. The Bertz CT molecular complexity index is 794. The van der Waals surface area contributed by atoms with Crippen LogP contribution in [0.2, 0.25) is 0 Å². The van der Waals surface area contributed by atoms with Gasteiger partial charge in [0.1, 0.15) is 0 Å². The maximum atomic E-state index is 12.0. The smallest absolute Gasteiger partial charge is 0.335 e. The van der Waals surface area contributed by atoms with Crippen molar-refractivity contribution in [2.45, 2.75) is 25.1 Å². The van der Waals surface area contributed by atoms with Crippen molar-refractivity contribution < 1.29 is 9.90 Å².